The van der Waals surface area contributed by atoms with Gasteiger partial charge < -0.3 is 14.0 Å². The molecule has 5 nitrogen and oxygen atoms in total. The van der Waals surface area contributed by atoms with Gasteiger partial charge in [0, 0.05) is 40.3 Å². The largest absolute Gasteiger partial charge is 0.454 e. The van der Waals surface area contributed by atoms with E-state index in [4.69, 9.17) is 33.3 Å². The molecule has 0 radical (unpaired) electrons. The quantitative estimate of drug-likeness (QED) is 0.235. The molecular formula is C26H17ClN2O3S2. The van der Waals surface area contributed by atoms with Crippen LogP contribution >= 0.6 is 35.6 Å². The highest BCUT2D eigenvalue weighted by atomic mass is 35.5. The highest BCUT2D eigenvalue weighted by Gasteiger charge is 2.34. The molecule has 1 fully saturated rings. The van der Waals surface area contributed by atoms with Gasteiger partial charge in [-0.25, -0.2) is 0 Å². The number of rotatable bonds is 4. The third-order valence-corrected chi connectivity index (χ3v) is 7.33. The summed E-state index contributed by atoms with van der Waals surface area (Å²) in [5, 5.41) is 1.79. The number of hydrogen-bond donors (Lipinski definition) is 0. The standard InChI is InChI=1S/C26H17ClN2O3S2/c27-18-7-5-16(6-8-18)13-28-14-17(20-3-1-2-4-21(20)28)11-24-25(30)29(26(33)34-24)19-9-10-22-23(12-19)32-15-31-22/h1-12,14H,13,15H2/b24-11-. The highest BCUT2D eigenvalue weighted by molar-refractivity contribution is 8.27. The van der Waals surface area contributed by atoms with Gasteiger partial charge in [-0.2, -0.15) is 0 Å². The summed E-state index contributed by atoms with van der Waals surface area (Å²) in [6, 6.07) is 21.4. The Bertz CT molecular complexity index is 1490. The molecule has 2 aliphatic heterocycles. The second-order valence-corrected chi connectivity index (χ2v) is 10.0. The van der Waals surface area contributed by atoms with Gasteiger partial charge in [-0.3, -0.25) is 9.69 Å². The summed E-state index contributed by atoms with van der Waals surface area (Å²) >= 11 is 12.9. The van der Waals surface area contributed by atoms with E-state index in [2.05, 4.69) is 22.9 Å². The molecule has 1 amide bonds. The number of thioether (sulfide) groups is 1. The number of anilines is 1. The van der Waals surface area contributed by atoms with Crippen LogP contribution in [0.1, 0.15) is 11.1 Å². The number of hydrogen-bond acceptors (Lipinski definition) is 5. The van der Waals surface area contributed by atoms with E-state index in [-0.39, 0.29) is 12.7 Å². The van der Waals surface area contributed by atoms with E-state index in [0.29, 0.717) is 38.0 Å². The first-order valence-electron chi connectivity index (χ1n) is 10.6. The number of thiocarbonyl (C=S) groups is 1. The predicted molar refractivity (Wildman–Crippen MR) is 141 cm³/mol. The van der Waals surface area contributed by atoms with Crippen LogP contribution in [0.25, 0.3) is 17.0 Å². The zero-order valence-corrected chi connectivity index (χ0v) is 20.1. The van der Waals surface area contributed by atoms with Crippen molar-refractivity contribution in [1.29, 1.82) is 0 Å². The van der Waals surface area contributed by atoms with Crippen molar-refractivity contribution in [2.24, 2.45) is 0 Å². The Morgan fingerprint density at radius 2 is 1.82 bits per heavy atom. The average molecular weight is 505 g/mol. The molecule has 0 unspecified atom stereocenters. The van der Waals surface area contributed by atoms with Crippen molar-refractivity contribution >= 4 is 68.5 Å². The Kier molecular flexibility index (Phi) is 5.32. The molecule has 3 heterocycles. The number of aromatic nitrogens is 1. The zero-order chi connectivity index (χ0) is 23.2. The van der Waals surface area contributed by atoms with E-state index in [1.165, 1.54) is 11.8 Å². The zero-order valence-electron chi connectivity index (χ0n) is 17.7. The van der Waals surface area contributed by atoms with E-state index in [1.54, 1.807) is 17.0 Å². The van der Waals surface area contributed by atoms with Gasteiger partial charge in [0.25, 0.3) is 5.91 Å². The van der Waals surface area contributed by atoms with E-state index < -0.39 is 0 Å². The molecular weight excluding hydrogens is 488 g/mol. The third-order valence-electron chi connectivity index (χ3n) is 5.78. The lowest BCUT2D eigenvalue weighted by Crippen LogP contribution is -2.27. The lowest BCUT2D eigenvalue weighted by atomic mass is 10.1. The van der Waals surface area contributed by atoms with Gasteiger partial charge in [-0.1, -0.05) is 65.9 Å². The van der Waals surface area contributed by atoms with Gasteiger partial charge in [-0.05, 0) is 42.0 Å². The Morgan fingerprint density at radius 1 is 1.03 bits per heavy atom. The summed E-state index contributed by atoms with van der Waals surface area (Å²) in [6.07, 6.45) is 4.00. The molecule has 1 saturated heterocycles. The Morgan fingerprint density at radius 3 is 2.68 bits per heavy atom. The normalized spacial score (nSPS) is 16.3. The maximum Gasteiger partial charge on any atom is 0.270 e. The number of ether oxygens (including phenoxy) is 2. The second-order valence-electron chi connectivity index (χ2n) is 7.91. The summed E-state index contributed by atoms with van der Waals surface area (Å²) in [4.78, 5) is 15.5. The minimum atomic E-state index is -0.150. The molecule has 0 spiro atoms. The van der Waals surface area contributed by atoms with Gasteiger partial charge in [0.1, 0.15) is 0 Å². The molecule has 6 rings (SSSR count). The van der Waals surface area contributed by atoms with Crippen LogP contribution in [0, 0.1) is 0 Å². The average Bonchev–Trinajstić information content (AvgIpc) is 3.52. The summed E-state index contributed by atoms with van der Waals surface area (Å²) < 4.78 is 13.5. The number of amides is 1. The van der Waals surface area contributed by atoms with E-state index >= 15 is 0 Å². The van der Waals surface area contributed by atoms with Gasteiger partial charge >= 0.3 is 0 Å². The van der Waals surface area contributed by atoms with Crippen molar-refractivity contribution in [2.75, 3.05) is 11.7 Å². The summed E-state index contributed by atoms with van der Waals surface area (Å²) in [7, 11) is 0. The molecule has 168 valence electrons. The number of carbonyl (C=O) groups excluding carboxylic acids is 1. The van der Waals surface area contributed by atoms with E-state index in [9.17, 15) is 4.79 Å². The van der Waals surface area contributed by atoms with Gasteiger partial charge in [0.05, 0.1) is 10.6 Å². The van der Waals surface area contributed by atoms with E-state index in [0.717, 1.165) is 22.0 Å². The number of para-hydroxylation sites is 1. The number of nitrogens with zero attached hydrogens (tertiary/aromatic N) is 2. The van der Waals surface area contributed by atoms with Crippen molar-refractivity contribution in [1.82, 2.24) is 4.57 Å². The summed E-state index contributed by atoms with van der Waals surface area (Å²) in [5.41, 5.74) is 3.87. The topological polar surface area (TPSA) is 43.7 Å². The molecule has 0 aliphatic carbocycles. The van der Waals surface area contributed by atoms with Gasteiger partial charge in [-0.15, -0.1) is 0 Å². The van der Waals surface area contributed by atoms with Crippen molar-refractivity contribution in [3.8, 4) is 11.5 Å². The minimum absolute atomic E-state index is 0.150. The van der Waals surface area contributed by atoms with Crippen molar-refractivity contribution in [2.45, 2.75) is 6.54 Å². The van der Waals surface area contributed by atoms with Crippen molar-refractivity contribution in [3.63, 3.8) is 0 Å². The fourth-order valence-electron chi connectivity index (χ4n) is 4.16. The maximum absolute atomic E-state index is 13.3. The van der Waals surface area contributed by atoms with Crippen LogP contribution < -0.4 is 14.4 Å². The number of carbonyl (C=O) groups is 1. The van der Waals surface area contributed by atoms with E-state index in [1.807, 2.05) is 48.5 Å². The Hall–Kier alpha value is -3.26. The van der Waals surface area contributed by atoms with Crippen molar-refractivity contribution < 1.29 is 14.3 Å². The minimum Gasteiger partial charge on any atom is -0.454 e. The lowest BCUT2D eigenvalue weighted by molar-refractivity contribution is -0.113. The molecule has 34 heavy (non-hydrogen) atoms. The smallest absolute Gasteiger partial charge is 0.270 e. The SMILES string of the molecule is O=C1/C(=C/c2cn(Cc3ccc(Cl)cc3)c3ccccc23)SC(=S)N1c1ccc2c(c1)OCO2. The van der Waals surface area contributed by atoms with Gasteiger partial charge in [0.2, 0.25) is 6.79 Å². The number of halogens is 1. The van der Waals surface area contributed by atoms with Crippen LogP contribution in [0.2, 0.25) is 5.02 Å². The van der Waals surface area contributed by atoms with Crippen LogP contribution in [0.5, 0.6) is 11.5 Å². The second kappa shape index (κ2) is 8.51. The first kappa shape index (κ1) is 21.3. The number of fused-ring (bicyclic) bond motifs is 2. The fourth-order valence-corrected chi connectivity index (χ4v) is 5.58. The molecule has 0 saturated carbocycles. The van der Waals surface area contributed by atoms with Crippen LogP contribution in [0.3, 0.4) is 0 Å². The third kappa shape index (κ3) is 3.76. The van der Waals surface area contributed by atoms with Crippen LogP contribution in [0.4, 0.5) is 5.69 Å². The molecule has 4 aromatic rings. The first-order chi connectivity index (χ1) is 16.6. The molecule has 0 N–H and O–H groups in total. The molecule has 1 aromatic heterocycles. The van der Waals surface area contributed by atoms with Crippen LogP contribution in [-0.2, 0) is 11.3 Å². The molecule has 8 heteroatoms. The first-order valence-corrected chi connectivity index (χ1v) is 12.2. The predicted octanol–water partition coefficient (Wildman–Crippen LogP) is 6.48. The molecule has 0 bridgehead atoms. The Balaban J connectivity index is 1.35. The highest BCUT2D eigenvalue weighted by Crippen LogP contribution is 2.41. The molecule has 0 atom stereocenters. The Labute approximate surface area is 210 Å². The van der Waals surface area contributed by atoms with Crippen LogP contribution in [0.15, 0.2) is 77.8 Å². The fraction of sp³-hybridized carbons (Fsp3) is 0.0769. The molecule has 2 aliphatic rings. The van der Waals surface area contributed by atoms with Gasteiger partial charge in [0.15, 0.2) is 15.8 Å². The lowest BCUT2D eigenvalue weighted by Gasteiger charge is -2.14. The number of benzene rings is 3. The monoisotopic (exact) mass is 504 g/mol. The molecule has 3 aromatic carbocycles. The van der Waals surface area contributed by atoms with Crippen molar-refractivity contribution in [3.05, 3.63) is 94.0 Å². The van der Waals surface area contributed by atoms with Crippen LogP contribution in [-0.4, -0.2) is 21.6 Å². The maximum atomic E-state index is 13.3. The summed E-state index contributed by atoms with van der Waals surface area (Å²) in [6.45, 7) is 0.876. The summed E-state index contributed by atoms with van der Waals surface area (Å²) in [5.74, 6) is 1.13.